The molecule has 0 fully saturated rings. The highest BCUT2D eigenvalue weighted by Gasteiger charge is 2.24. The minimum absolute atomic E-state index is 0.00954. The van der Waals surface area contributed by atoms with E-state index in [0.717, 1.165) is 23.3 Å². The van der Waals surface area contributed by atoms with Crippen LogP contribution in [-0.4, -0.2) is 35.4 Å². The molecule has 0 amide bonds. The maximum absolute atomic E-state index is 11.5. The summed E-state index contributed by atoms with van der Waals surface area (Å²) in [4.78, 5) is 22.9. The molecule has 8 heteroatoms. The molecule has 0 aliphatic carbocycles. The average Bonchev–Trinajstić information content (AvgIpc) is 3.04. The molecule has 1 heterocycles. The van der Waals surface area contributed by atoms with E-state index in [9.17, 15) is 14.7 Å². The van der Waals surface area contributed by atoms with Crippen LogP contribution in [-0.2, 0) is 11.2 Å². The molecule has 3 aromatic rings. The second-order valence-corrected chi connectivity index (χ2v) is 7.82. The summed E-state index contributed by atoms with van der Waals surface area (Å²) in [6, 6.07) is 17.3. The number of hydrogen-bond acceptors (Lipinski definition) is 5. The van der Waals surface area contributed by atoms with Crippen LogP contribution < -0.4 is 9.47 Å². The maximum atomic E-state index is 11.5. The fraction of sp³-hybridized carbons (Fsp3) is 0.143. The molecule has 0 bridgehead atoms. The summed E-state index contributed by atoms with van der Waals surface area (Å²) < 4.78 is 11.4. The largest absolute Gasteiger partial charge is 0.493 e. The fourth-order valence-corrected chi connectivity index (χ4v) is 4.53. The van der Waals surface area contributed by atoms with Crippen LogP contribution in [0.25, 0.3) is 10.4 Å². The van der Waals surface area contributed by atoms with Crippen molar-refractivity contribution in [1.82, 2.24) is 0 Å². The van der Waals surface area contributed by atoms with Gasteiger partial charge in [-0.3, -0.25) is 0 Å². The zero-order valence-corrected chi connectivity index (χ0v) is 17.5. The van der Waals surface area contributed by atoms with Gasteiger partial charge in [0.1, 0.15) is 5.75 Å². The van der Waals surface area contributed by atoms with Gasteiger partial charge in [-0.2, -0.15) is 0 Å². The topological polar surface area (TPSA) is 93.1 Å². The van der Waals surface area contributed by atoms with Gasteiger partial charge in [0.2, 0.25) is 0 Å². The third kappa shape index (κ3) is 5.36. The van der Waals surface area contributed by atoms with Crippen LogP contribution in [0.3, 0.4) is 0 Å². The van der Waals surface area contributed by atoms with E-state index in [2.05, 4.69) is 15.9 Å². The Morgan fingerprint density at radius 3 is 2.45 bits per heavy atom. The molecule has 3 rings (SSSR count). The molecule has 0 aliphatic heterocycles. The molecule has 0 spiro atoms. The Hall–Kier alpha value is -2.84. The Morgan fingerprint density at radius 2 is 1.76 bits per heavy atom. The molecule has 2 aromatic carbocycles. The number of benzene rings is 2. The standard InChI is InChI=1S/C21H17BrO6S/c22-17-18(28-12-16(23)24)20(21(25)26)29-19(17)14-7-4-8-15(11-14)27-10-9-13-5-2-1-3-6-13/h1-8,11H,9-10,12H2,(H,23,24)(H,25,26). The summed E-state index contributed by atoms with van der Waals surface area (Å²) in [6.07, 6.45) is 0.768. The van der Waals surface area contributed by atoms with Gasteiger partial charge in [-0.25, -0.2) is 9.59 Å². The molecule has 0 saturated heterocycles. The minimum Gasteiger partial charge on any atom is -0.493 e. The van der Waals surface area contributed by atoms with Gasteiger partial charge < -0.3 is 19.7 Å². The lowest BCUT2D eigenvalue weighted by molar-refractivity contribution is -0.139. The lowest BCUT2D eigenvalue weighted by Crippen LogP contribution is -2.11. The van der Waals surface area contributed by atoms with E-state index in [0.29, 0.717) is 21.7 Å². The van der Waals surface area contributed by atoms with Crippen LogP contribution >= 0.6 is 27.3 Å². The average molecular weight is 477 g/mol. The number of rotatable bonds is 9. The van der Waals surface area contributed by atoms with Crippen molar-refractivity contribution >= 4 is 39.2 Å². The molecule has 0 saturated carbocycles. The SMILES string of the molecule is O=C(O)COc1c(C(=O)O)sc(-c2cccc(OCCc3ccccc3)c2)c1Br. The molecule has 0 aliphatic rings. The molecule has 2 N–H and O–H groups in total. The molecular weight excluding hydrogens is 460 g/mol. The lowest BCUT2D eigenvalue weighted by Gasteiger charge is -2.08. The van der Waals surface area contributed by atoms with Crippen molar-refractivity contribution in [2.75, 3.05) is 13.2 Å². The van der Waals surface area contributed by atoms with E-state index in [4.69, 9.17) is 14.6 Å². The van der Waals surface area contributed by atoms with Crippen LogP contribution in [0.2, 0.25) is 0 Å². The van der Waals surface area contributed by atoms with E-state index in [1.54, 1.807) is 0 Å². The van der Waals surface area contributed by atoms with Crippen LogP contribution in [0.1, 0.15) is 15.2 Å². The highest BCUT2D eigenvalue weighted by atomic mass is 79.9. The number of halogens is 1. The first-order valence-electron chi connectivity index (χ1n) is 8.63. The fourth-order valence-electron chi connectivity index (χ4n) is 2.64. The van der Waals surface area contributed by atoms with Crippen molar-refractivity contribution in [3.05, 3.63) is 69.5 Å². The Morgan fingerprint density at radius 1 is 1.00 bits per heavy atom. The van der Waals surface area contributed by atoms with E-state index < -0.39 is 18.5 Å². The van der Waals surface area contributed by atoms with Crippen molar-refractivity contribution in [1.29, 1.82) is 0 Å². The first kappa shape index (κ1) is 20.9. The minimum atomic E-state index is -1.19. The molecule has 29 heavy (non-hydrogen) atoms. The summed E-state index contributed by atoms with van der Waals surface area (Å²) in [6.45, 7) is -0.121. The molecular formula is C21H17BrO6S. The highest BCUT2D eigenvalue weighted by molar-refractivity contribution is 9.10. The Kier molecular flexibility index (Phi) is 6.90. The zero-order valence-electron chi connectivity index (χ0n) is 15.1. The molecule has 1 aromatic heterocycles. The van der Waals surface area contributed by atoms with Crippen molar-refractivity contribution in [3.8, 4) is 21.9 Å². The van der Waals surface area contributed by atoms with Crippen LogP contribution in [0.4, 0.5) is 0 Å². The Balaban J connectivity index is 1.79. The predicted molar refractivity (Wildman–Crippen MR) is 113 cm³/mol. The zero-order chi connectivity index (χ0) is 20.8. The van der Waals surface area contributed by atoms with Gasteiger partial charge >= 0.3 is 11.9 Å². The van der Waals surface area contributed by atoms with E-state index in [1.807, 2.05) is 54.6 Å². The lowest BCUT2D eigenvalue weighted by atomic mass is 10.1. The number of ether oxygens (including phenoxy) is 2. The third-order valence-corrected chi connectivity index (χ3v) is 6.17. The third-order valence-electron chi connectivity index (χ3n) is 3.94. The number of aromatic carboxylic acids is 1. The smallest absolute Gasteiger partial charge is 0.349 e. The highest BCUT2D eigenvalue weighted by Crippen LogP contribution is 2.46. The van der Waals surface area contributed by atoms with Crippen molar-refractivity contribution < 1.29 is 29.3 Å². The van der Waals surface area contributed by atoms with E-state index in [1.165, 1.54) is 5.56 Å². The Bertz CT molecular complexity index is 1020. The molecule has 0 unspecified atom stereocenters. The number of hydrogen-bond donors (Lipinski definition) is 2. The first-order valence-corrected chi connectivity index (χ1v) is 10.2. The normalized spacial score (nSPS) is 10.5. The van der Waals surface area contributed by atoms with Gasteiger partial charge in [-0.15, -0.1) is 11.3 Å². The van der Waals surface area contributed by atoms with Crippen LogP contribution in [0.5, 0.6) is 11.5 Å². The summed E-state index contributed by atoms with van der Waals surface area (Å²) in [7, 11) is 0. The van der Waals surface area contributed by atoms with Crippen LogP contribution in [0.15, 0.2) is 59.1 Å². The summed E-state index contributed by atoms with van der Waals surface area (Å²) in [5.74, 6) is -1.70. The summed E-state index contributed by atoms with van der Waals surface area (Å²) in [5.41, 5.74) is 1.92. The number of carboxylic acids is 2. The number of thiophene rings is 1. The summed E-state index contributed by atoms with van der Waals surface area (Å²) >= 11 is 4.36. The molecule has 150 valence electrons. The van der Waals surface area contributed by atoms with Crippen molar-refractivity contribution in [3.63, 3.8) is 0 Å². The number of aliphatic carboxylic acids is 1. The van der Waals surface area contributed by atoms with Gasteiger partial charge in [-0.1, -0.05) is 42.5 Å². The van der Waals surface area contributed by atoms with Gasteiger partial charge in [0.05, 0.1) is 16.0 Å². The second kappa shape index (κ2) is 9.58. The first-order chi connectivity index (χ1) is 14.0. The molecule has 0 radical (unpaired) electrons. The van der Waals surface area contributed by atoms with Gasteiger partial charge in [0.15, 0.2) is 17.2 Å². The Labute approximate surface area is 179 Å². The predicted octanol–water partition coefficient (Wildman–Crippen LogP) is 4.96. The van der Waals surface area contributed by atoms with Crippen molar-refractivity contribution in [2.45, 2.75) is 6.42 Å². The maximum Gasteiger partial charge on any atom is 0.349 e. The van der Waals surface area contributed by atoms with Crippen LogP contribution in [0, 0.1) is 0 Å². The van der Waals surface area contributed by atoms with Gasteiger partial charge in [0, 0.05) is 6.42 Å². The summed E-state index contributed by atoms with van der Waals surface area (Å²) in [5, 5.41) is 18.3. The second-order valence-electron chi connectivity index (χ2n) is 6.00. The number of carboxylic acid groups (broad SMARTS) is 2. The molecule has 0 atom stereocenters. The van der Waals surface area contributed by atoms with E-state index >= 15 is 0 Å². The van der Waals surface area contributed by atoms with Gasteiger partial charge in [0.25, 0.3) is 0 Å². The van der Waals surface area contributed by atoms with Crippen molar-refractivity contribution in [2.24, 2.45) is 0 Å². The monoisotopic (exact) mass is 476 g/mol. The quantitative estimate of drug-likeness (QED) is 0.453. The van der Waals surface area contributed by atoms with Gasteiger partial charge in [-0.05, 0) is 39.2 Å². The van der Waals surface area contributed by atoms with E-state index in [-0.39, 0.29) is 10.6 Å². The number of carbonyl (C=O) groups is 2. The molecule has 6 nitrogen and oxygen atoms in total.